The molecule has 25 heavy (non-hydrogen) atoms. The number of halogens is 2. The Bertz CT molecular complexity index is 799. The van der Waals surface area contributed by atoms with Crippen molar-refractivity contribution in [1.82, 2.24) is 19.5 Å². The minimum absolute atomic E-state index is 0.175. The molecule has 0 saturated carbocycles. The topological polar surface area (TPSA) is 55.6 Å². The molecule has 0 aliphatic rings. The highest BCUT2D eigenvalue weighted by Crippen LogP contribution is 2.26. The molecule has 0 spiro atoms. The van der Waals surface area contributed by atoms with E-state index in [1.807, 2.05) is 56.5 Å². The van der Waals surface area contributed by atoms with E-state index in [1.54, 1.807) is 6.33 Å². The van der Waals surface area contributed by atoms with Gasteiger partial charge in [0, 0.05) is 16.8 Å². The lowest BCUT2D eigenvalue weighted by molar-refractivity contribution is 0.612. The van der Waals surface area contributed by atoms with Crippen molar-refractivity contribution in [1.29, 1.82) is 0 Å². The fourth-order valence-corrected chi connectivity index (χ4v) is 2.41. The van der Waals surface area contributed by atoms with Crippen molar-refractivity contribution in [2.45, 2.75) is 47.6 Å². The predicted octanol–water partition coefficient (Wildman–Crippen LogP) is 6.51. The van der Waals surface area contributed by atoms with Crippen LogP contribution in [0.25, 0.3) is 11.2 Å². The number of hydrogen-bond donors (Lipinski definition) is 1. The quantitative estimate of drug-likeness (QED) is 0.525. The number of anilines is 2. The van der Waals surface area contributed by atoms with E-state index >= 15 is 0 Å². The number of benzene rings is 1. The van der Waals surface area contributed by atoms with Crippen LogP contribution in [0.1, 0.15) is 47.6 Å². The Morgan fingerprint density at radius 3 is 2.32 bits per heavy atom. The summed E-state index contributed by atoms with van der Waals surface area (Å²) in [5, 5.41) is 4.00. The number of fused-ring (bicyclic) bond motifs is 1. The van der Waals surface area contributed by atoms with Crippen molar-refractivity contribution in [2.75, 3.05) is 5.32 Å². The van der Waals surface area contributed by atoms with Gasteiger partial charge in [0.1, 0.15) is 0 Å². The maximum atomic E-state index is 6.03. The first-order valence-corrected chi connectivity index (χ1v) is 9.23. The molecular weight excluding hydrogens is 357 g/mol. The summed E-state index contributed by atoms with van der Waals surface area (Å²) in [6, 6.07) is 7.61. The van der Waals surface area contributed by atoms with Crippen molar-refractivity contribution >= 4 is 45.9 Å². The smallest absolute Gasteiger partial charge is 0.226 e. The second-order valence-corrected chi connectivity index (χ2v) is 5.67. The van der Waals surface area contributed by atoms with Gasteiger partial charge in [0.15, 0.2) is 17.0 Å². The van der Waals surface area contributed by atoms with Crippen LogP contribution in [-0.4, -0.2) is 19.5 Å². The molecule has 0 radical (unpaired) electrons. The molecule has 1 N–H and O–H groups in total. The van der Waals surface area contributed by atoms with Crippen LogP contribution in [0.3, 0.4) is 0 Å². The summed E-state index contributed by atoms with van der Waals surface area (Å²) >= 11 is 12.0. The summed E-state index contributed by atoms with van der Waals surface area (Å²) in [5.41, 5.74) is 2.19. The van der Waals surface area contributed by atoms with E-state index in [9.17, 15) is 0 Å². The van der Waals surface area contributed by atoms with Crippen molar-refractivity contribution in [2.24, 2.45) is 0 Å². The number of rotatable bonds is 3. The molecule has 2 heterocycles. The highest BCUT2D eigenvalue weighted by Gasteiger charge is 2.14. The summed E-state index contributed by atoms with van der Waals surface area (Å²) < 4.78 is 1.95. The van der Waals surface area contributed by atoms with E-state index in [0.717, 1.165) is 5.69 Å². The molecule has 7 heteroatoms. The zero-order valence-corrected chi connectivity index (χ0v) is 17.0. The van der Waals surface area contributed by atoms with Gasteiger partial charge in [-0.3, -0.25) is 0 Å². The SMILES string of the molecule is CC.CC.CC(C)n1cnc2c(Nc3cccc(Cl)c3)nc(Cl)nc21. The third-order valence-electron chi connectivity index (χ3n) is 3.04. The van der Waals surface area contributed by atoms with Gasteiger partial charge in [0.25, 0.3) is 0 Å². The normalized spacial score (nSPS) is 9.96. The van der Waals surface area contributed by atoms with Gasteiger partial charge in [-0.2, -0.15) is 9.97 Å². The number of hydrogen-bond acceptors (Lipinski definition) is 4. The maximum absolute atomic E-state index is 6.03. The first-order valence-electron chi connectivity index (χ1n) is 8.47. The van der Waals surface area contributed by atoms with Crippen LogP contribution in [0.4, 0.5) is 11.5 Å². The predicted molar refractivity (Wildman–Crippen MR) is 108 cm³/mol. The van der Waals surface area contributed by atoms with Crippen LogP contribution < -0.4 is 5.32 Å². The minimum Gasteiger partial charge on any atom is -0.338 e. The van der Waals surface area contributed by atoms with Gasteiger partial charge in [-0.15, -0.1) is 0 Å². The van der Waals surface area contributed by atoms with Crippen LogP contribution in [0.5, 0.6) is 0 Å². The molecule has 136 valence electrons. The van der Waals surface area contributed by atoms with Crippen LogP contribution in [-0.2, 0) is 0 Å². The van der Waals surface area contributed by atoms with Crippen LogP contribution >= 0.6 is 23.2 Å². The Balaban J connectivity index is 0.000000730. The standard InChI is InChI=1S/C14H13Cl2N5.2C2H6/c1-8(2)21-7-17-11-12(19-14(16)20-13(11)21)18-10-5-3-4-9(15)6-10;2*1-2/h3-8H,1-2H3,(H,18,19,20);2*1-2H3. The summed E-state index contributed by atoms with van der Waals surface area (Å²) in [5.74, 6) is 0.562. The Hall–Kier alpha value is -1.85. The molecule has 0 aliphatic carbocycles. The van der Waals surface area contributed by atoms with Gasteiger partial charge in [0.05, 0.1) is 6.33 Å². The van der Waals surface area contributed by atoms with E-state index in [-0.39, 0.29) is 11.3 Å². The van der Waals surface area contributed by atoms with E-state index in [0.29, 0.717) is 22.0 Å². The van der Waals surface area contributed by atoms with Crippen molar-refractivity contribution in [3.05, 3.63) is 40.9 Å². The molecule has 2 aromatic heterocycles. The van der Waals surface area contributed by atoms with E-state index in [1.165, 1.54) is 0 Å². The summed E-state index contributed by atoms with van der Waals surface area (Å²) in [6.45, 7) is 12.1. The van der Waals surface area contributed by atoms with E-state index in [2.05, 4.69) is 34.1 Å². The molecule has 3 rings (SSSR count). The number of nitrogens with zero attached hydrogens (tertiary/aromatic N) is 4. The first-order chi connectivity index (χ1) is 12.0. The summed E-state index contributed by atoms with van der Waals surface area (Å²) in [4.78, 5) is 12.9. The van der Waals surface area contributed by atoms with Crippen molar-refractivity contribution < 1.29 is 0 Å². The lowest BCUT2D eigenvalue weighted by Crippen LogP contribution is -2.02. The fourth-order valence-electron chi connectivity index (χ4n) is 2.06. The molecule has 0 atom stereocenters. The molecule has 0 saturated heterocycles. The van der Waals surface area contributed by atoms with E-state index in [4.69, 9.17) is 23.2 Å². The van der Waals surface area contributed by atoms with Gasteiger partial charge in [-0.1, -0.05) is 45.4 Å². The molecule has 5 nitrogen and oxygen atoms in total. The summed E-state index contributed by atoms with van der Waals surface area (Å²) in [7, 11) is 0. The molecule has 0 amide bonds. The second kappa shape index (κ2) is 10.2. The highest BCUT2D eigenvalue weighted by molar-refractivity contribution is 6.30. The Morgan fingerprint density at radius 2 is 1.72 bits per heavy atom. The van der Waals surface area contributed by atoms with Crippen LogP contribution in [0.2, 0.25) is 10.3 Å². The van der Waals surface area contributed by atoms with Crippen LogP contribution in [0, 0.1) is 0 Å². The molecule has 0 aliphatic heterocycles. The van der Waals surface area contributed by atoms with Gasteiger partial charge < -0.3 is 9.88 Å². The average Bonchev–Trinajstić information content (AvgIpc) is 3.02. The molecule has 3 aromatic rings. The molecule has 0 fully saturated rings. The Morgan fingerprint density at radius 1 is 1.04 bits per heavy atom. The Labute approximate surface area is 159 Å². The Kier molecular flexibility index (Phi) is 8.66. The van der Waals surface area contributed by atoms with Crippen LogP contribution in [0.15, 0.2) is 30.6 Å². The zero-order valence-electron chi connectivity index (χ0n) is 15.5. The number of aromatic nitrogens is 4. The molecular formula is C18H25Cl2N5. The van der Waals surface area contributed by atoms with Gasteiger partial charge >= 0.3 is 0 Å². The van der Waals surface area contributed by atoms with Gasteiger partial charge in [-0.05, 0) is 43.6 Å². The van der Waals surface area contributed by atoms with Gasteiger partial charge in [0.2, 0.25) is 5.28 Å². The van der Waals surface area contributed by atoms with Gasteiger partial charge in [-0.25, -0.2) is 4.98 Å². The number of nitrogens with one attached hydrogen (secondary N) is 1. The van der Waals surface area contributed by atoms with Crippen molar-refractivity contribution in [3.8, 4) is 0 Å². The third kappa shape index (κ3) is 5.31. The molecule has 1 aromatic carbocycles. The zero-order chi connectivity index (χ0) is 19.0. The molecule has 0 unspecified atom stereocenters. The third-order valence-corrected chi connectivity index (χ3v) is 3.44. The second-order valence-electron chi connectivity index (χ2n) is 4.89. The number of imidazole rings is 1. The lowest BCUT2D eigenvalue weighted by atomic mass is 10.3. The highest BCUT2D eigenvalue weighted by atomic mass is 35.5. The summed E-state index contributed by atoms with van der Waals surface area (Å²) in [6.07, 6.45) is 1.74. The largest absolute Gasteiger partial charge is 0.338 e. The first kappa shape index (κ1) is 21.2. The lowest BCUT2D eigenvalue weighted by Gasteiger charge is -2.09. The minimum atomic E-state index is 0.175. The van der Waals surface area contributed by atoms with Crippen molar-refractivity contribution in [3.63, 3.8) is 0 Å². The molecule has 0 bridgehead atoms. The fraction of sp³-hybridized carbons (Fsp3) is 0.389. The van der Waals surface area contributed by atoms with E-state index < -0.39 is 0 Å². The average molecular weight is 382 g/mol. The maximum Gasteiger partial charge on any atom is 0.226 e. The monoisotopic (exact) mass is 381 g/mol.